The van der Waals surface area contributed by atoms with Crippen LogP contribution in [0.15, 0.2) is 325 Å². The van der Waals surface area contributed by atoms with Gasteiger partial charge in [0.25, 0.3) is 0 Å². The second-order valence-corrected chi connectivity index (χ2v) is 33.9. The first-order chi connectivity index (χ1) is 52.7. The van der Waals surface area contributed by atoms with Crippen molar-refractivity contribution in [2.45, 2.75) is 117 Å². The molecule has 0 N–H and O–H groups in total. The molecule has 0 saturated carbocycles. The van der Waals surface area contributed by atoms with E-state index < -0.39 is 0 Å². The number of allylic oxidation sites excluding steroid dienone is 5. The summed E-state index contributed by atoms with van der Waals surface area (Å²) in [4.78, 5) is 5.02. The summed E-state index contributed by atoms with van der Waals surface area (Å²) in [7, 11) is 0. The monoisotopic (exact) mass is 1470 g/mol. The molecular formula is C106H90BrN2+. The molecule has 20 rings (SSSR count). The molecule has 15 aromatic carbocycles. The Labute approximate surface area is 652 Å². The highest BCUT2D eigenvalue weighted by Gasteiger charge is 2.48. The molecule has 0 amide bonds. The molecule has 1 unspecified atom stereocenters. The van der Waals surface area contributed by atoms with Gasteiger partial charge in [-0.25, -0.2) is 0 Å². The van der Waals surface area contributed by atoms with Crippen LogP contribution in [0.1, 0.15) is 150 Å². The number of fused-ring (bicyclic) bond motifs is 13. The largest absolute Gasteiger partial charge is 0.309 e. The number of nitrogens with zero attached hydrogens (tertiary/aromatic N) is 2. The highest BCUT2D eigenvalue weighted by molar-refractivity contribution is 9.10. The summed E-state index contributed by atoms with van der Waals surface area (Å²) in [5, 5.41) is 10.0. The van der Waals surface area contributed by atoms with E-state index in [9.17, 15) is 0 Å². The Bertz CT molecular complexity index is 6160. The Morgan fingerprint density at radius 2 is 0.789 bits per heavy atom. The predicted octanol–water partition coefficient (Wildman–Crippen LogP) is 28.8. The maximum atomic E-state index is 3.97. The second kappa shape index (κ2) is 26.5. The summed E-state index contributed by atoms with van der Waals surface area (Å²) in [6.07, 6.45) is 11.0. The molecule has 0 radical (unpaired) electrons. The molecule has 4 aliphatic carbocycles. The molecule has 0 saturated heterocycles. The van der Waals surface area contributed by atoms with Gasteiger partial charge in [0.15, 0.2) is 5.70 Å². The van der Waals surface area contributed by atoms with E-state index in [-0.39, 0.29) is 27.6 Å². The first kappa shape index (κ1) is 69.3. The first-order valence-corrected chi connectivity index (χ1v) is 39.5. The van der Waals surface area contributed by atoms with Gasteiger partial charge in [-0.2, -0.15) is 0 Å². The minimum Gasteiger partial charge on any atom is -0.309 e. The third-order valence-electron chi connectivity index (χ3n) is 24.7. The molecular weight excluding hydrogens is 1380 g/mol. The van der Waals surface area contributed by atoms with Gasteiger partial charge in [-0.15, -0.1) is 0 Å². The van der Waals surface area contributed by atoms with Gasteiger partial charge >= 0.3 is 0 Å². The van der Waals surface area contributed by atoms with Crippen LogP contribution >= 0.6 is 15.9 Å². The van der Waals surface area contributed by atoms with Crippen LogP contribution in [0.4, 0.5) is 28.4 Å². The Kier molecular flexibility index (Phi) is 16.8. The average molecular weight is 1470 g/mol. The molecule has 0 fully saturated rings. The number of rotatable bonds is 7. The number of halogens is 1. The minimum atomic E-state index is -0.173. The first-order valence-electron chi connectivity index (χ1n) is 38.7. The SMILES string of the molecule is CC1(C)C2=C(C=[C+]C=C2)N(c2c3ccccc3c(Br)c3ccccc23)c2cc3c(cc21)-c1ccccc1C3(C)C.Cc1cccc(Cc2cccc(C)c2)c1.Cc1cccc(N(c2cccc(C)c2)c2c3ccccc3c(C3c4ccccc4C(C)(C)c4cc5c(cc43)C(C)(C)c3ccccc3-5)c3ccccc23)c1. The van der Waals surface area contributed by atoms with E-state index in [1.165, 1.54) is 183 Å². The number of aryl methyl sites for hydroxylation is 4. The Morgan fingerprint density at radius 3 is 1.31 bits per heavy atom. The maximum Gasteiger partial charge on any atom is 0.162 e. The van der Waals surface area contributed by atoms with Crippen LogP contribution < -0.4 is 9.80 Å². The van der Waals surface area contributed by atoms with E-state index in [0.29, 0.717) is 0 Å². The van der Waals surface area contributed by atoms with Crippen LogP contribution in [0, 0.1) is 33.8 Å². The number of anilines is 5. The summed E-state index contributed by atoms with van der Waals surface area (Å²) in [5.41, 5.74) is 35.5. The fourth-order valence-electron chi connectivity index (χ4n) is 19.4. The fourth-order valence-corrected chi connectivity index (χ4v) is 20.1. The molecule has 2 nitrogen and oxygen atoms in total. The fraction of sp³-hybridized carbons (Fsp3) is 0.170. The quantitative estimate of drug-likeness (QED) is 0.116. The topological polar surface area (TPSA) is 6.48 Å². The van der Waals surface area contributed by atoms with Gasteiger partial charge in [0.05, 0.1) is 28.7 Å². The van der Waals surface area contributed by atoms with Gasteiger partial charge < -0.3 is 4.90 Å². The Hall–Kier alpha value is -11.5. The van der Waals surface area contributed by atoms with Crippen molar-refractivity contribution >= 4 is 87.5 Å². The van der Waals surface area contributed by atoms with Crippen molar-refractivity contribution in [1.29, 1.82) is 0 Å². The standard InChI is InChI=1S/C53H45N.C38H29BrN.C15H16/c1-33-17-15-19-35(29-33)54(36-20-16-18-34(2)30-36)51-40-24-9-7-22-38(40)49(39-23-8-10-25-41(39)51)50-42-26-12-14-28-46(42)53(5,6)48-31-43-37-21-11-13-27-45(37)52(3,4)47(43)32-44(48)50;1-37(2)29-18-10-9-13-23(29)28-21-32-34(22-31(28)37)40(33-20-12-11-19-30(33)38(32,3)4)36-26-16-7-5-14-24(26)35(39)25-15-6-8-17-27(25)36;1-12-5-3-7-14(9-12)11-15-8-4-6-13(2)10-15/h7-32,50H,1-6H3;5-11,13-22H,1-4H3;3-10H,11H2,1-2H3/q;+1;. The second-order valence-electron chi connectivity index (χ2n) is 33.1. The molecule has 0 bridgehead atoms. The van der Waals surface area contributed by atoms with E-state index in [2.05, 4.69) is 424 Å². The zero-order chi connectivity index (χ0) is 75.0. The van der Waals surface area contributed by atoms with Gasteiger partial charge in [-0.1, -0.05) is 301 Å². The average Bonchev–Trinajstić information content (AvgIpc) is 1.69. The molecule has 0 aromatic heterocycles. The van der Waals surface area contributed by atoms with Crippen LogP contribution in [0.5, 0.6) is 0 Å². The minimum absolute atomic E-state index is 0.0456. The predicted molar refractivity (Wildman–Crippen MR) is 467 cm³/mol. The molecule has 109 heavy (non-hydrogen) atoms. The number of hydrogen-bond acceptors (Lipinski definition) is 2. The van der Waals surface area contributed by atoms with E-state index in [0.717, 1.165) is 22.3 Å². The van der Waals surface area contributed by atoms with E-state index in [4.69, 9.17) is 0 Å². The summed E-state index contributed by atoms with van der Waals surface area (Å²) >= 11 is 3.97. The van der Waals surface area contributed by atoms with Crippen molar-refractivity contribution < 1.29 is 0 Å². The molecule has 3 heteroatoms. The van der Waals surface area contributed by atoms with E-state index in [1.807, 2.05) is 0 Å². The lowest BCUT2D eigenvalue weighted by Crippen LogP contribution is -2.34. The molecule has 530 valence electrons. The lowest BCUT2D eigenvalue weighted by Gasteiger charge is -2.41. The number of benzene rings is 15. The van der Waals surface area contributed by atoms with Crippen LogP contribution in [-0.2, 0) is 28.1 Å². The summed E-state index contributed by atoms with van der Waals surface area (Å²) in [6, 6.07) is 109. The van der Waals surface area contributed by atoms with E-state index >= 15 is 0 Å². The molecule has 1 atom stereocenters. The van der Waals surface area contributed by atoms with Crippen LogP contribution in [0.2, 0.25) is 0 Å². The third kappa shape index (κ3) is 11.3. The van der Waals surface area contributed by atoms with Crippen molar-refractivity contribution in [3.63, 3.8) is 0 Å². The molecule has 1 aliphatic heterocycles. The van der Waals surface area contributed by atoms with Gasteiger partial charge in [0.2, 0.25) is 0 Å². The number of hydrogen-bond donors (Lipinski definition) is 0. The van der Waals surface area contributed by atoms with Crippen LogP contribution in [0.3, 0.4) is 0 Å². The molecule has 1 heterocycles. The lowest BCUT2D eigenvalue weighted by molar-refractivity contribution is 0.595. The summed E-state index contributed by atoms with van der Waals surface area (Å²) in [5.74, 6) is 0.0456. The summed E-state index contributed by atoms with van der Waals surface area (Å²) < 4.78 is 1.14. The summed E-state index contributed by atoms with van der Waals surface area (Å²) in [6.45, 7) is 27.8. The van der Waals surface area contributed by atoms with Crippen molar-refractivity contribution in [2.24, 2.45) is 0 Å². The molecule has 0 spiro atoms. The van der Waals surface area contributed by atoms with Crippen LogP contribution in [-0.4, -0.2) is 0 Å². The van der Waals surface area contributed by atoms with Crippen molar-refractivity contribution in [2.75, 3.05) is 9.80 Å². The smallest absolute Gasteiger partial charge is 0.162 e. The third-order valence-corrected chi connectivity index (χ3v) is 25.5. The molecule has 15 aromatic rings. The van der Waals surface area contributed by atoms with E-state index in [1.54, 1.807) is 0 Å². The highest BCUT2D eigenvalue weighted by Crippen LogP contribution is 2.61. The normalized spacial score (nSPS) is 15.8. The van der Waals surface area contributed by atoms with Gasteiger partial charge in [-0.05, 0) is 228 Å². The van der Waals surface area contributed by atoms with Gasteiger partial charge in [0.1, 0.15) is 12.2 Å². The highest BCUT2D eigenvalue weighted by atomic mass is 79.9. The zero-order valence-electron chi connectivity index (χ0n) is 64.5. The zero-order valence-corrected chi connectivity index (χ0v) is 66.1. The Balaban J connectivity index is 0.000000132. The van der Waals surface area contributed by atoms with Crippen molar-refractivity contribution in [3.05, 3.63) is 420 Å². The lowest BCUT2D eigenvalue weighted by atomic mass is 9.62. The van der Waals surface area contributed by atoms with Crippen molar-refractivity contribution in [3.8, 4) is 22.3 Å². The van der Waals surface area contributed by atoms with Gasteiger partial charge in [-0.3, -0.25) is 4.90 Å². The Morgan fingerprint density at radius 1 is 0.358 bits per heavy atom. The van der Waals surface area contributed by atoms with Gasteiger partial charge in [0, 0.05) is 71.0 Å². The molecule has 5 aliphatic rings. The van der Waals surface area contributed by atoms with Crippen molar-refractivity contribution in [1.82, 2.24) is 0 Å². The van der Waals surface area contributed by atoms with Crippen LogP contribution in [0.25, 0.3) is 65.3 Å². The maximum absolute atomic E-state index is 3.97.